The van der Waals surface area contributed by atoms with Crippen LogP contribution in [-0.2, 0) is 16.0 Å². The van der Waals surface area contributed by atoms with E-state index in [0.717, 1.165) is 22.7 Å². The van der Waals surface area contributed by atoms with Gasteiger partial charge in [0.1, 0.15) is 23.4 Å². The molecule has 2 atom stereocenters. The molecular formula is C32H26N2O5. The predicted octanol–water partition coefficient (Wildman–Crippen LogP) is 6.09. The Morgan fingerprint density at radius 2 is 1.59 bits per heavy atom. The standard InChI is InChI=1S/C32H26N2O5/c1-19-17-22-18-21(9-16-27(22)39-19)30(36)28-29(20-7-14-26(35)15-8-20)34(32(38)31(28)37)25-12-10-24(11-13-25)33-23-5-3-2-4-6-23/h2-16,18-19,29,33,35-36H,17H2,1H3/b30-28-. The average Bonchev–Trinajstić information content (AvgIpc) is 3.45. The highest BCUT2D eigenvalue weighted by Crippen LogP contribution is 2.43. The molecule has 1 fully saturated rings. The van der Waals surface area contributed by atoms with Gasteiger partial charge in [0.2, 0.25) is 0 Å². The first-order valence-electron chi connectivity index (χ1n) is 12.7. The van der Waals surface area contributed by atoms with Gasteiger partial charge in [0, 0.05) is 29.0 Å². The van der Waals surface area contributed by atoms with E-state index in [1.54, 1.807) is 42.5 Å². The first-order chi connectivity index (χ1) is 18.9. The van der Waals surface area contributed by atoms with Crippen molar-refractivity contribution in [3.05, 3.63) is 119 Å². The fourth-order valence-corrected chi connectivity index (χ4v) is 5.19. The molecule has 1 amide bonds. The maximum Gasteiger partial charge on any atom is 0.300 e. The van der Waals surface area contributed by atoms with Crippen molar-refractivity contribution in [1.82, 2.24) is 0 Å². The van der Waals surface area contributed by atoms with Crippen molar-refractivity contribution >= 4 is 34.5 Å². The maximum atomic E-state index is 13.5. The van der Waals surface area contributed by atoms with E-state index in [1.165, 1.54) is 17.0 Å². The summed E-state index contributed by atoms with van der Waals surface area (Å²) in [5.74, 6) is -0.962. The topological polar surface area (TPSA) is 99.1 Å². The number of ketones is 1. The number of anilines is 3. The molecule has 0 aliphatic carbocycles. The summed E-state index contributed by atoms with van der Waals surface area (Å²) in [6.45, 7) is 1.97. The first-order valence-corrected chi connectivity index (χ1v) is 12.7. The van der Waals surface area contributed by atoms with Crippen molar-refractivity contribution in [1.29, 1.82) is 0 Å². The normalized spacial score (nSPS) is 19.6. The number of hydrogen-bond acceptors (Lipinski definition) is 6. The lowest BCUT2D eigenvalue weighted by atomic mass is 9.94. The maximum absolute atomic E-state index is 13.5. The van der Waals surface area contributed by atoms with Gasteiger partial charge in [-0.3, -0.25) is 14.5 Å². The third-order valence-corrected chi connectivity index (χ3v) is 7.03. The van der Waals surface area contributed by atoms with Crippen LogP contribution in [0.5, 0.6) is 11.5 Å². The predicted molar refractivity (Wildman–Crippen MR) is 149 cm³/mol. The lowest BCUT2D eigenvalue weighted by Crippen LogP contribution is -2.29. The highest BCUT2D eigenvalue weighted by Gasteiger charge is 2.47. The van der Waals surface area contributed by atoms with E-state index in [4.69, 9.17) is 4.74 Å². The number of ether oxygens (including phenoxy) is 1. The molecule has 3 N–H and O–H groups in total. The van der Waals surface area contributed by atoms with Crippen LogP contribution < -0.4 is 15.0 Å². The Balaban J connectivity index is 1.42. The number of phenolic OH excluding ortho intramolecular Hbond substituents is 1. The minimum absolute atomic E-state index is 0.0101. The number of amides is 1. The molecule has 2 unspecified atom stereocenters. The molecule has 2 aliphatic heterocycles. The van der Waals surface area contributed by atoms with Crippen LogP contribution in [0, 0.1) is 0 Å². The quantitative estimate of drug-likeness (QED) is 0.168. The van der Waals surface area contributed by atoms with E-state index >= 15 is 0 Å². The van der Waals surface area contributed by atoms with Crippen LogP contribution in [0.15, 0.2) is 103 Å². The Morgan fingerprint density at radius 3 is 2.31 bits per heavy atom. The largest absolute Gasteiger partial charge is 0.508 e. The number of carbonyl (C=O) groups is 2. The van der Waals surface area contributed by atoms with Gasteiger partial charge in [-0.15, -0.1) is 0 Å². The van der Waals surface area contributed by atoms with E-state index < -0.39 is 17.7 Å². The Hall–Kier alpha value is -5.04. The van der Waals surface area contributed by atoms with Crippen molar-refractivity contribution in [3.8, 4) is 11.5 Å². The lowest BCUT2D eigenvalue weighted by molar-refractivity contribution is -0.132. The van der Waals surface area contributed by atoms with Crippen molar-refractivity contribution < 1.29 is 24.5 Å². The van der Waals surface area contributed by atoms with Crippen molar-refractivity contribution in [2.75, 3.05) is 10.2 Å². The summed E-state index contributed by atoms with van der Waals surface area (Å²) in [7, 11) is 0. The number of nitrogens with one attached hydrogen (secondary N) is 1. The Labute approximate surface area is 225 Å². The van der Waals surface area contributed by atoms with E-state index in [0.29, 0.717) is 23.2 Å². The molecule has 0 radical (unpaired) electrons. The zero-order chi connectivity index (χ0) is 27.1. The van der Waals surface area contributed by atoms with Gasteiger partial charge in [-0.1, -0.05) is 30.3 Å². The number of aromatic hydroxyl groups is 1. The van der Waals surface area contributed by atoms with Gasteiger partial charge in [-0.2, -0.15) is 0 Å². The molecule has 1 saturated heterocycles. The summed E-state index contributed by atoms with van der Waals surface area (Å²) in [6, 6.07) is 27.6. The number of nitrogens with zero attached hydrogens (tertiary/aromatic N) is 1. The number of rotatable bonds is 5. The molecular weight excluding hydrogens is 492 g/mol. The Morgan fingerprint density at radius 1 is 0.897 bits per heavy atom. The number of aliphatic hydroxyl groups is 1. The number of carbonyl (C=O) groups excluding carboxylic acids is 2. The van der Waals surface area contributed by atoms with Crippen molar-refractivity contribution in [2.45, 2.75) is 25.5 Å². The Bertz CT molecular complexity index is 1590. The number of aliphatic hydroxyl groups excluding tert-OH is 1. The molecule has 0 bridgehead atoms. The summed E-state index contributed by atoms with van der Waals surface area (Å²) < 4.78 is 5.77. The summed E-state index contributed by atoms with van der Waals surface area (Å²) in [6.07, 6.45) is 0.717. The average molecular weight is 519 g/mol. The fourth-order valence-electron chi connectivity index (χ4n) is 5.19. The highest BCUT2D eigenvalue weighted by molar-refractivity contribution is 6.51. The van der Waals surface area contributed by atoms with Crippen molar-refractivity contribution in [2.24, 2.45) is 0 Å². The van der Waals surface area contributed by atoms with Crippen LogP contribution in [0.1, 0.15) is 29.7 Å². The highest BCUT2D eigenvalue weighted by atomic mass is 16.5. The van der Waals surface area contributed by atoms with Gasteiger partial charge in [0.15, 0.2) is 0 Å². The van der Waals surface area contributed by atoms with E-state index in [2.05, 4.69) is 5.32 Å². The molecule has 4 aromatic carbocycles. The molecule has 0 saturated carbocycles. The molecule has 0 aromatic heterocycles. The number of fused-ring (bicyclic) bond motifs is 1. The molecule has 2 aliphatic rings. The van der Waals surface area contributed by atoms with Gasteiger partial charge < -0.3 is 20.3 Å². The number of benzene rings is 4. The van der Waals surface area contributed by atoms with Crippen LogP contribution in [0.25, 0.3) is 5.76 Å². The van der Waals surface area contributed by atoms with Gasteiger partial charge >= 0.3 is 0 Å². The van der Waals surface area contributed by atoms with E-state index in [-0.39, 0.29) is 23.2 Å². The number of phenols is 1. The third kappa shape index (κ3) is 4.48. The number of para-hydroxylation sites is 1. The second kappa shape index (κ2) is 9.68. The minimum atomic E-state index is -0.887. The number of Topliss-reactive ketones (excluding diaryl/α,β-unsaturated/α-hetero) is 1. The minimum Gasteiger partial charge on any atom is -0.508 e. The lowest BCUT2D eigenvalue weighted by Gasteiger charge is -2.25. The van der Waals surface area contributed by atoms with Gasteiger partial charge in [-0.05, 0) is 84.8 Å². The zero-order valence-electron chi connectivity index (χ0n) is 21.2. The zero-order valence-corrected chi connectivity index (χ0v) is 21.2. The molecule has 39 heavy (non-hydrogen) atoms. The Kier molecular flexibility index (Phi) is 6.04. The molecule has 7 nitrogen and oxygen atoms in total. The summed E-state index contributed by atoms with van der Waals surface area (Å²) in [5, 5.41) is 24.6. The second-order valence-electron chi connectivity index (χ2n) is 9.75. The summed E-state index contributed by atoms with van der Waals surface area (Å²) in [4.78, 5) is 28.3. The molecule has 4 aromatic rings. The monoisotopic (exact) mass is 518 g/mol. The molecule has 6 rings (SSSR count). The number of hydrogen-bond donors (Lipinski definition) is 3. The molecule has 194 valence electrons. The van der Waals surface area contributed by atoms with Crippen LogP contribution in [0.2, 0.25) is 0 Å². The van der Waals surface area contributed by atoms with E-state index in [1.807, 2.05) is 49.4 Å². The van der Waals surface area contributed by atoms with Crippen LogP contribution in [0.4, 0.5) is 17.1 Å². The first kappa shape index (κ1) is 24.3. The third-order valence-electron chi connectivity index (χ3n) is 7.03. The van der Waals surface area contributed by atoms with E-state index in [9.17, 15) is 19.8 Å². The summed E-state index contributed by atoms with van der Waals surface area (Å²) in [5.41, 5.74) is 4.19. The van der Waals surface area contributed by atoms with Crippen LogP contribution >= 0.6 is 0 Å². The smallest absolute Gasteiger partial charge is 0.300 e. The molecule has 7 heteroatoms. The fraction of sp³-hybridized carbons (Fsp3) is 0.125. The molecule has 0 spiro atoms. The van der Waals surface area contributed by atoms with Crippen molar-refractivity contribution in [3.63, 3.8) is 0 Å². The summed E-state index contributed by atoms with van der Waals surface area (Å²) >= 11 is 0. The van der Waals surface area contributed by atoms with Gasteiger partial charge in [0.25, 0.3) is 11.7 Å². The SMILES string of the molecule is CC1Cc2cc(/C(O)=C3/C(=O)C(=O)N(c4ccc(Nc5ccccc5)cc4)C3c3ccc(O)cc3)ccc2O1. The van der Waals surface area contributed by atoms with Gasteiger partial charge in [-0.25, -0.2) is 0 Å². The molecule has 2 heterocycles. The van der Waals surface area contributed by atoms with Gasteiger partial charge in [0.05, 0.1) is 11.6 Å². The second-order valence-corrected chi connectivity index (χ2v) is 9.75. The van der Waals surface area contributed by atoms with Crippen LogP contribution in [0.3, 0.4) is 0 Å². The van der Waals surface area contributed by atoms with Crippen LogP contribution in [-0.4, -0.2) is 28.0 Å².